The Labute approximate surface area is 157 Å². The Morgan fingerprint density at radius 1 is 1.27 bits per heavy atom. The van der Waals surface area contributed by atoms with Gasteiger partial charge in [0, 0.05) is 7.05 Å². The maximum absolute atomic E-state index is 12.4. The standard InChI is InChI=1S/C19H22N4O2S/c1-4-15(14-9-7-13(2)8-10-14)20-17(24)12-26-19-22-21-18(23(19)3)16-6-5-11-25-16/h5-11,15H,4,12H2,1-3H3,(H,20,24)/t15-/m0/s1. The maximum Gasteiger partial charge on any atom is 0.230 e. The van der Waals surface area contributed by atoms with E-state index in [1.165, 1.54) is 17.3 Å². The van der Waals surface area contributed by atoms with Gasteiger partial charge >= 0.3 is 0 Å². The molecule has 0 saturated heterocycles. The second-order valence-corrected chi connectivity index (χ2v) is 7.01. The van der Waals surface area contributed by atoms with Gasteiger partial charge in [0.25, 0.3) is 0 Å². The maximum atomic E-state index is 12.4. The molecular formula is C19H22N4O2S. The Morgan fingerprint density at radius 3 is 2.69 bits per heavy atom. The highest BCUT2D eigenvalue weighted by Gasteiger charge is 2.16. The van der Waals surface area contributed by atoms with Crippen molar-refractivity contribution >= 4 is 17.7 Å². The summed E-state index contributed by atoms with van der Waals surface area (Å²) >= 11 is 1.36. The van der Waals surface area contributed by atoms with E-state index >= 15 is 0 Å². The number of nitrogens with one attached hydrogen (secondary N) is 1. The van der Waals surface area contributed by atoms with E-state index in [-0.39, 0.29) is 17.7 Å². The summed E-state index contributed by atoms with van der Waals surface area (Å²) in [5.41, 5.74) is 2.33. The number of aryl methyl sites for hydroxylation is 1. The molecule has 3 aromatic rings. The molecular weight excluding hydrogens is 348 g/mol. The minimum atomic E-state index is -0.0232. The van der Waals surface area contributed by atoms with Crippen LogP contribution in [-0.2, 0) is 11.8 Å². The van der Waals surface area contributed by atoms with Crippen molar-refractivity contribution < 1.29 is 9.21 Å². The number of thioether (sulfide) groups is 1. The Hall–Kier alpha value is -2.54. The zero-order valence-corrected chi connectivity index (χ0v) is 15.9. The van der Waals surface area contributed by atoms with E-state index in [0.717, 1.165) is 12.0 Å². The largest absolute Gasteiger partial charge is 0.461 e. The predicted octanol–water partition coefficient (Wildman–Crippen LogP) is 3.74. The fraction of sp³-hybridized carbons (Fsp3) is 0.316. The van der Waals surface area contributed by atoms with Crippen molar-refractivity contribution in [2.75, 3.05) is 5.75 Å². The molecule has 0 unspecified atom stereocenters. The van der Waals surface area contributed by atoms with Crippen molar-refractivity contribution in [3.8, 4) is 11.6 Å². The first-order valence-electron chi connectivity index (χ1n) is 8.50. The molecule has 26 heavy (non-hydrogen) atoms. The predicted molar refractivity (Wildman–Crippen MR) is 102 cm³/mol. The number of hydrogen-bond donors (Lipinski definition) is 1. The number of carbonyl (C=O) groups excluding carboxylic acids is 1. The van der Waals surface area contributed by atoms with E-state index < -0.39 is 0 Å². The average Bonchev–Trinajstić information content (AvgIpc) is 3.28. The van der Waals surface area contributed by atoms with Gasteiger partial charge in [-0.3, -0.25) is 4.79 Å². The van der Waals surface area contributed by atoms with Crippen LogP contribution in [0.3, 0.4) is 0 Å². The summed E-state index contributed by atoms with van der Waals surface area (Å²) < 4.78 is 7.18. The molecule has 0 bridgehead atoms. The van der Waals surface area contributed by atoms with Gasteiger partial charge in [-0.05, 0) is 31.0 Å². The first kappa shape index (κ1) is 18.3. The number of aromatic nitrogens is 3. The van der Waals surface area contributed by atoms with Crippen LogP contribution < -0.4 is 5.32 Å². The molecule has 1 N–H and O–H groups in total. The molecule has 2 aromatic heterocycles. The molecule has 0 fully saturated rings. The lowest BCUT2D eigenvalue weighted by atomic mass is 10.0. The summed E-state index contributed by atoms with van der Waals surface area (Å²) in [6.45, 7) is 4.12. The summed E-state index contributed by atoms with van der Waals surface area (Å²) in [7, 11) is 1.86. The molecule has 0 saturated carbocycles. The van der Waals surface area contributed by atoms with E-state index in [2.05, 4.69) is 53.6 Å². The van der Waals surface area contributed by atoms with Gasteiger partial charge < -0.3 is 14.3 Å². The van der Waals surface area contributed by atoms with Crippen molar-refractivity contribution in [3.05, 3.63) is 53.8 Å². The fourth-order valence-corrected chi connectivity index (χ4v) is 3.37. The number of amides is 1. The molecule has 0 aliphatic heterocycles. The van der Waals surface area contributed by atoms with E-state index in [1.807, 2.05) is 17.7 Å². The molecule has 2 heterocycles. The molecule has 1 aromatic carbocycles. The Bertz CT molecular complexity index is 856. The third kappa shape index (κ3) is 4.16. The van der Waals surface area contributed by atoms with Crippen LogP contribution in [0.1, 0.15) is 30.5 Å². The molecule has 0 aliphatic carbocycles. The number of carbonyl (C=O) groups is 1. The van der Waals surface area contributed by atoms with Crippen LogP contribution >= 0.6 is 11.8 Å². The van der Waals surface area contributed by atoms with Gasteiger partial charge in [-0.1, -0.05) is 48.5 Å². The fourth-order valence-electron chi connectivity index (χ4n) is 2.65. The van der Waals surface area contributed by atoms with Gasteiger partial charge in [-0.25, -0.2) is 0 Å². The molecule has 1 atom stereocenters. The first-order chi connectivity index (χ1) is 12.6. The lowest BCUT2D eigenvalue weighted by Crippen LogP contribution is -2.29. The van der Waals surface area contributed by atoms with Gasteiger partial charge in [0.2, 0.25) is 5.91 Å². The Kier molecular flexibility index (Phi) is 5.78. The highest BCUT2D eigenvalue weighted by molar-refractivity contribution is 7.99. The van der Waals surface area contributed by atoms with E-state index in [9.17, 15) is 4.79 Å². The highest BCUT2D eigenvalue weighted by atomic mass is 32.2. The minimum Gasteiger partial charge on any atom is -0.461 e. The van der Waals surface area contributed by atoms with E-state index in [1.54, 1.807) is 12.3 Å². The van der Waals surface area contributed by atoms with Gasteiger partial charge in [0.1, 0.15) is 0 Å². The third-order valence-electron chi connectivity index (χ3n) is 4.13. The van der Waals surface area contributed by atoms with Crippen LogP contribution in [0, 0.1) is 6.92 Å². The van der Waals surface area contributed by atoms with Crippen LogP contribution in [0.5, 0.6) is 0 Å². The average molecular weight is 370 g/mol. The second kappa shape index (κ2) is 8.23. The van der Waals surface area contributed by atoms with Gasteiger partial charge in [-0.15, -0.1) is 10.2 Å². The lowest BCUT2D eigenvalue weighted by molar-refractivity contribution is -0.119. The van der Waals surface area contributed by atoms with Crippen LogP contribution in [0.15, 0.2) is 52.2 Å². The first-order valence-corrected chi connectivity index (χ1v) is 9.49. The molecule has 7 heteroatoms. The van der Waals surface area contributed by atoms with Crippen LogP contribution in [0.25, 0.3) is 11.6 Å². The van der Waals surface area contributed by atoms with Crippen LogP contribution in [-0.4, -0.2) is 26.4 Å². The number of rotatable bonds is 7. The molecule has 6 nitrogen and oxygen atoms in total. The summed E-state index contributed by atoms with van der Waals surface area (Å²) in [6.07, 6.45) is 2.44. The number of hydrogen-bond acceptors (Lipinski definition) is 5. The number of furan rings is 1. The van der Waals surface area contributed by atoms with Gasteiger partial charge in [0.05, 0.1) is 18.1 Å². The summed E-state index contributed by atoms with van der Waals surface area (Å²) in [4.78, 5) is 12.4. The van der Waals surface area contributed by atoms with E-state index in [0.29, 0.717) is 16.7 Å². The normalized spacial score (nSPS) is 12.1. The summed E-state index contributed by atoms with van der Waals surface area (Å²) in [5, 5.41) is 12.0. The van der Waals surface area contributed by atoms with Gasteiger partial charge in [-0.2, -0.15) is 0 Å². The SMILES string of the molecule is CC[C@H](NC(=O)CSc1nnc(-c2ccco2)n1C)c1ccc(C)cc1. The van der Waals surface area contributed by atoms with Crippen molar-refractivity contribution in [1.82, 2.24) is 20.1 Å². The Balaban J connectivity index is 1.59. The minimum absolute atomic E-state index is 0.0156. The molecule has 136 valence electrons. The lowest BCUT2D eigenvalue weighted by Gasteiger charge is -2.17. The topological polar surface area (TPSA) is 73.0 Å². The molecule has 0 spiro atoms. The van der Waals surface area contributed by atoms with Gasteiger partial charge in [0.15, 0.2) is 16.7 Å². The van der Waals surface area contributed by atoms with Crippen molar-refractivity contribution in [3.63, 3.8) is 0 Å². The summed E-state index contributed by atoms with van der Waals surface area (Å²) in [6, 6.07) is 11.9. The van der Waals surface area contributed by atoms with E-state index in [4.69, 9.17) is 4.42 Å². The van der Waals surface area contributed by atoms with Crippen molar-refractivity contribution in [2.45, 2.75) is 31.5 Å². The smallest absolute Gasteiger partial charge is 0.230 e. The van der Waals surface area contributed by atoms with Crippen molar-refractivity contribution in [1.29, 1.82) is 0 Å². The highest BCUT2D eigenvalue weighted by Crippen LogP contribution is 2.23. The van der Waals surface area contributed by atoms with Crippen LogP contribution in [0.4, 0.5) is 0 Å². The molecule has 3 rings (SSSR count). The third-order valence-corrected chi connectivity index (χ3v) is 5.15. The Morgan fingerprint density at radius 2 is 2.04 bits per heavy atom. The quantitative estimate of drug-likeness (QED) is 0.641. The zero-order chi connectivity index (χ0) is 18.5. The molecule has 0 aliphatic rings. The molecule has 1 amide bonds. The number of benzene rings is 1. The van der Waals surface area contributed by atoms with Crippen LogP contribution in [0.2, 0.25) is 0 Å². The summed E-state index contributed by atoms with van der Waals surface area (Å²) in [5.74, 6) is 1.56. The number of nitrogens with zero attached hydrogens (tertiary/aromatic N) is 3. The second-order valence-electron chi connectivity index (χ2n) is 6.07. The van der Waals surface area contributed by atoms with Crippen molar-refractivity contribution in [2.24, 2.45) is 7.05 Å². The molecule has 0 radical (unpaired) electrons. The monoisotopic (exact) mass is 370 g/mol. The zero-order valence-electron chi connectivity index (χ0n) is 15.1.